The molecule has 0 aromatic heterocycles. The molecule has 2 fully saturated rings. The fourth-order valence-corrected chi connectivity index (χ4v) is 4.46. The summed E-state index contributed by atoms with van der Waals surface area (Å²) in [6.07, 6.45) is 8.28. The number of piperazine rings is 1. The van der Waals surface area contributed by atoms with Gasteiger partial charge in [0.1, 0.15) is 0 Å². The highest BCUT2D eigenvalue weighted by Gasteiger charge is 2.34. The molecule has 2 nitrogen and oxygen atoms in total. The van der Waals surface area contributed by atoms with Crippen LogP contribution >= 0.6 is 15.9 Å². The summed E-state index contributed by atoms with van der Waals surface area (Å²) in [6.45, 7) is 11.2. The van der Waals surface area contributed by atoms with Crippen LogP contribution in [0, 0.1) is 5.41 Å². The third kappa shape index (κ3) is 4.44. The van der Waals surface area contributed by atoms with Crippen LogP contribution in [0.3, 0.4) is 0 Å². The average Bonchev–Trinajstić information content (AvgIpc) is 3.24. The van der Waals surface area contributed by atoms with Crippen molar-refractivity contribution < 1.29 is 0 Å². The fraction of sp³-hybridized carbons (Fsp3) is 1.00. The van der Waals surface area contributed by atoms with Gasteiger partial charge in [-0.05, 0) is 31.1 Å². The molecule has 0 N–H and O–H groups in total. The van der Waals surface area contributed by atoms with Gasteiger partial charge in [0.15, 0.2) is 0 Å². The van der Waals surface area contributed by atoms with Gasteiger partial charge in [-0.3, -0.25) is 4.90 Å². The van der Waals surface area contributed by atoms with E-state index in [1.54, 1.807) is 0 Å². The molecule has 0 spiro atoms. The van der Waals surface area contributed by atoms with Crippen LogP contribution in [0.25, 0.3) is 0 Å². The van der Waals surface area contributed by atoms with Gasteiger partial charge in [-0.15, -0.1) is 0 Å². The molecule has 1 aliphatic carbocycles. The molecule has 0 aromatic rings. The Morgan fingerprint density at radius 1 is 1.00 bits per heavy atom. The summed E-state index contributed by atoms with van der Waals surface area (Å²) in [5.41, 5.74) is 0.519. The van der Waals surface area contributed by atoms with Crippen molar-refractivity contribution in [3.63, 3.8) is 0 Å². The van der Waals surface area contributed by atoms with Gasteiger partial charge in [0, 0.05) is 44.1 Å². The van der Waals surface area contributed by atoms with Crippen LogP contribution in [0.15, 0.2) is 0 Å². The van der Waals surface area contributed by atoms with Crippen LogP contribution in [0.5, 0.6) is 0 Å². The van der Waals surface area contributed by atoms with Gasteiger partial charge in [0.25, 0.3) is 0 Å². The van der Waals surface area contributed by atoms with E-state index in [1.807, 2.05) is 0 Å². The summed E-state index contributed by atoms with van der Waals surface area (Å²) < 4.78 is 0. The molecular weight excluding hydrogens is 300 g/mol. The van der Waals surface area contributed by atoms with Crippen LogP contribution < -0.4 is 0 Å². The Kier molecular flexibility index (Phi) is 6.16. The van der Waals surface area contributed by atoms with E-state index in [0.29, 0.717) is 5.41 Å². The third-order valence-electron chi connectivity index (χ3n) is 4.87. The Labute approximate surface area is 128 Å². The normalized spacial score (nSPS) is 22.9. The SMILES string of the molecule is CCCC(CBr)(CCC)CN1CCN(C2CC2)CC1. The predicted molar refractivity (Wildman–Crippen MR) is 87.1 cm³/mol. The lowest BCUT2D eigenvalue weighted by Gasteiger charge is -2.41. The molecule has 0 unspecified atom stereocenters. The van der Waals surface area contributed by atoms with Crippen molar-refractivity contribution in [2.45, 2.75) is 58.4 Å². The van der Waals surface area contributed by atoms with E-state index in [0.717, 1.165) is 6.04 Å². The van der Waals surface area contributed by atoms with E-state index >= 15 is 0 Å². The zero-order chi connectivity index (χ0) is 13.7. The lowest BCUT2D eigenvalue weighted by atomic mass is 9.80. The Morgan fingerprint density at radius 3 is 2.00 bits per heavy atom. The number of hydrogen-bond acceptors (Lipinski definition) is 2. The Bertz CT molecular complexity index is 251. The second-order valence-corrected chi connectivity index (χ2v) is 7.24. The second kappa shape index (κ2) is 7.42. The molecule has 2 aliphatic rings. The first-order chi connectivity index (χ1) is 9.23. The van der Waals surface area contributed by atoms with Crippen molar-refractivity contribution in [2.24, 2.45) is 5.41 Å². The van der Waals surface area contributed by atoms with Crippen molar-refractivity contribution in [1.29, 1.82) is 0 Å². The summed E-state index contributed by atoms with van der Waals surface area (Å²) in [5, 5.41) is 1.17. The van der Waals surface area contributed by atoms with Gasteiger partial charge < -0.3 is 4.90 Å². The second-order valence-electron chi connectivity index (χ2n) is 6.68. The maximum Gasteiger partial charge on any atom is 0.0113 e. The lowest BCUT2D eigenvalue weighted by molar-refractivity contribution is 0.0810. The summed E-state index contributed by atoms with van der Waals surface area (Å²) in [4.78, 5) is 5.44. The first-order valence-electron chi connectivity index (χ1n) is 8.25. The van der Waals surface area contributed by atoms with Crippen molar-refractivity contribution in [3.8, 4) is 0 Å². The van der Waals surface area contributed by atoms with Crippen LogP contribution in [-0.2, 0) is 0 Å². The third-order valence-corrected chi connectivity index (χ3v) is 6.06. The summed E-state index contributed by atoms with van der Waals surface area (Å²) >= 11 is 3.81. The number of rotatable bonds is 8. The van der Waals surface area contributed by atoms with E-state index in [4.69, 9.17) is 0 Å². The summed E-state index contributed by atoms with van der Waals surface area (Å²) in [5.74, 6) is 0. The number of hydrogen-bond donors (Lipinski definition) is 0. The van der Waals surface area contributed by atoms with Crippen molar-refractivity contribution >= 4 is 15.9 Å². The van der Waals surface area contributed by atoms with E-state index in [2.05, 4.69) is 39.6 Å². The van der Waals surface area contributed by atoms with E-state index in [1.165, 1.54) is 76.6 Å². The minimum atomic E-state index is 0.519. The van der Waals surface area contributed by atoms with Gasteiger partial charge >= 0.3 is 0 Å². The van der Waals surface area contributed by atoms with Crippen molar-refractivity contribution in [1.82, 2.24) is 9.80 Å². The number of halogens is 1. The molecule has 19 heavy (non-hydrogen) atoms. The molecule has 2 rings (SSSR count). The van der Waals surface area contributed by atoms with E-state index in [-0.39, 0.29) is 0 Å². The highest BCUT2D eigenvalue weighted by atomic mass is 79.9. The zero-order valence-electron chi connectivity index (χ0n) is 12.8. The van der Waals surface area contributed by atoms with E-state index in [9.17, 15) is 0 Å². The first-order valence-corrected chi connectivity index (χ1v) is 9.37. The van der Waals surface area contributed by atoms with E-state index < -0.39 is 0 Å². The number of nitrogens with zero attached hydrogens (tertiary/aromatic N) is 2. The molecule has 0 aromatic carbocycles. The van der Waals surface area contributed by atoms with Crippen LogP contribution in [0.2, 0.25) is 0 Å². The van der Waals surface area contributed by atoms with Crippen LogP contribution in [-0.4, -0.2) is 53.9 Å². The minimum absolute atomic E-state index is 0.519. The molecular formula is C16H31BrN2. The number of alkyl halides is 1. The Balaban J connectivity index is 1.82. The maximum absolute atomic E-state index is 3.81. The topological polar surface area (TPSA) is 6.48 Å². The quantitative estimate of drug-likeness (QED) is 0.625. The summed E-state index contributed by atoms with van der Waals surface area (Å²) in [7, 11) is 0. The molecule has 1 saturated carbocycles. The Hall–Kier alpha value is 0.400. The fourth-order valence-electron chi connectivity index (χ4n) is 3.72. The predicted octanol–water partition coefficient (Wildman–Crippen LogP) is 3.75. The molecule has 0 amide bonds. The Morgan fingerprint density at radius 2 is 1.58 bits per heavy atom. The monoisotopic (exact) mass is 330 g/mol. The molecule has 0 bridgehead atoms. The molecule has 3 heteroatoms. The van der Waals surface area contributed by atoms with Crippen LogP contribution in [0.1, 0.15) is 52.4 Å². The first kappa shape index (κ1) is 15.8. The molecule has 1 aliphatic heterocycles. The van der Waals surface area contributed by atoms with Gasteiger partial charge in [-0.25, -0.2) is 0 Å². The lowest BCUT2D eigenvalue weighted by Crippen LogP contribution is -2.50. The smallest absolute Gasteiger partial charge is 0.0113 e. The minimum Gasteiger partial charge on any atom is -0.300 e. The standard InChI is InChI=1S/C16H31BrN2/c1-3-7-16(13-17,8-4-2)14-18-9-11-19(12-10-18)15-5-6-15/h15H,3-14H2,1-2H3. The molecule has 112 valence electrons. The van der Waals surface area contributed by atoms with Gasteiger partial charge in [0.2, 0.25) is 0 Å². The summed E-state index contributed by atoms with van der Waals surface area (Å²) in [6, 6.07) is 0.953. The molecule has 1 heterocycles. The average molecular weight is 331 g/mol. The molecule has 0 radical (unpaired) electrons. The van der Waals surface area contributed by atoms with Gasteiger partial charge in [0.05, 0.1) is 0 Å². The van der Waals surface area contributed by atoms with Crippen LogP contribution in [0.4, 0.5) is 0 Å². The molecule has 1 saturated heterocycles. The van der Waals surface area contributed by atoms with Gasteiger partial charge in [-0.2, -0.15) is 0 Å². The zero-order valence-corrected chi connectivity index (χ0v) is 14.4. The van der Waals surface area contributed by atoms with Gasteiger partial charge in [-0.1, -0.05) is 42.6 Å². The molecule has 0 atom stereocenters. The van der Waals surface area contributed by atoms with Crippen molar-refractivity contribution in [2.75, 3.05) is 38.1 Å². The highest BCUT2D eigenvalue weighted by Crippen LogP contribution is 2.34. The highest BCUT2D eigenvalue weighted by molar-refractivity contribution is 9.09. The largest absolute Gasteiger partial charge is 0.300 e. The van der Waals surface area contributed by atoms with Crippen molar-refractivity contribution in [3.05, 3.63) is 0 Å². The maximum atomic E-state index is 3.81.